The number of hydrogen-bond acceptors (Lipinski definition) is 4. The van der Waals surface area contributed by atoms with Crippen LogP contribution in [-0.4, -0.2) is 13.3 Å². The Morgan fingerprint density at radius 3 is 3.15 bits per heavy atom. The van der Waals surface area contributed by atoms with Crippen molar-refractivity contribution in [2.75, 3.05) is 7.11 Å². The summed E-state index contributed by atoms with van der Waals surface area (Å²) in [6.07, 6.45) is 1.59. The number of benzene rings is 1. The van der Waals surface area contributed by atoms with E-state index in [0.29, 0.717) is 0 Å². The molecule has 13 heavy (non-hydrogen) atoms. The third kappa shape index (κ3) is 1.62. The van der Waals surface area contributed by atoms with Crippen LogP contribution < -0.4 is 10.3 Å². The molecule has 0 fully saturated rings. The fraction of sp³-hybridized carbons (Fsp3) is 0.222. The van der Waals surface area contributed by atoms with Gasteiger partial charge in [0.2, 0.25) is 0 Å². The van der Waals surface area contributed by atoms with Crippen LogP contribution in [0.25, 0.3) is 0 Å². The summed E-state index contributed by atoms with van der Waals surface area (Å²) in [5.74, 6) is 0.821. The first-order valence-corrected chi connectivity index (χ1v) is 3.98. The van der Waals surface area contributed by atoms with Gasteiger partial charge in [-0.2, -0.15) is 10.7 Å². The molecule has 1 aliphatic rings. The Morgan fingerprint density at radius 1 is 1.54 bits per heavy atom. The molecule has 1 N–H and O–H groups in total. The van der Waals surface area contributed by atoms with Crippen LogP contribution in [0.5, 0.6) is 5.75 Å². The van der Waals surface area contributed by atoms with E-state index in [9.17, 15) is 0 Å². The second kappa shape index (κ2) is 3.45. The van der Waals surface area contributed by atoms with Gasteiger partial charge in [-0.05, 0) is 17.7 Å². The molecular weight excluding hydrogens is 168 g/mol. The number of nitrogens with zero attached hydrogens (tertiary/aromatic N) is 1. The highest BCUT2D eigenvalue weighted by molar-refractivity contribution is 5.66. The van der Waals surface area contributed by atoms with Gasteiger partial charge in [0.1, 0.15) is 11.9 Å². The Balaban J connectivity index is 2.24. The van der Waals surface area contributed by atoms with E-state index < -0.39 is 0 Å². The first-order valence-electron chi connectivity index (χ1n) is 3.98. The zero-order valence-electron chi connectivity index (χ0n) is 7.23. The highest BCUT2D eigenvalue weighted by Gasteiger charge is 2.13. The number of hydrazone groups is 1. The summed E-state index contributed by atoms with van der Waals surface area (Å²) in [6, 6.07) is 7.70. The molecule has 68 valence electrons. The molecule has 0 spiro atoms. The summed E-state index contributed by atoms with van der Waals surface area (Å²) < 4.78 is 5.09. The summed E-state index contributed by atoms with van der Waals surface area (Å²) in [5.41, 5.74) is 3.46. The van der Waals surface area contributed by atoms with Gasteiger partial charge in [0.15, 0.2) is 0 Å². The van der Waals surface area contributed by atoms with Gasteiger partial charge in [-0.3, -0.25) is 0 Å². The smallest absolute Gasteiger partial charge is 0.149 e. The average Bonchev–Trinajstić information content (AvgIpc) is 2.71. The van der Waals surface area contributed by atoms with Gasteiger partial charge < -0.3 is 4.74 Å². The third-order valence-electron chi connectivity index (χ3n) is 1.86. The van der Waals surface area contributed by atoms with Gasteiger partial charge in [-0.25, -0.2) is 4.84 Å². The molecule has 1 aromatic rings. The van der Waals surface area contributed by atoms with Crippen molar-refractivity contribution in [3.05, 3.63) is 29.8 Å². The lowest BCUT2D eigenvalue weighted by Crippen LogP contribution is -2.04. The summed E-state index contributed by atoms with van der Waals surface area (Å²) in [5, 5.41) is 3.76. The van der Waals surface area contributed by atoms with E-state index in [2.05, 4.69) is 10.7 Å². The Kier molecular flexibility index (Phi) is 2.14. The van der Waals surface area contributed by atoms with Crippen LogP contribution in [-0.2, 0) is 4.84 Å². The predicted octanol–water partition coefficient (Wildman–Crippen LogP) is 1.26. The molecule has 1 heterocycles. The first kappa shape index (κ1) is 8.07. The number of methoxy groups -OCH3 is 1. The summed E-state index contributed by atoms with van der Waals surface area (Å²) >= 11 is 0. The lowest BCUT2D eigenvalue weighted by atomic mass is 10.1. The van der Waals surface area contributed by atoms with Crippen LogP contribution in [0, 0.1) is 0 Å². The molecule has 0 radical (unpaired) electrons. The lowest BCUT2D eigenvalue weighted by Gasteiger charge is -2.07. The SMILES string of the molecule is COc1cccc(C2C=NNO2)c1. The van der Waals surface area contributed by atoms with Crippen molar-refractivity contribution in [2.24, 2.45) is 5.10 Å². The van der Waals surface area contributed by atoms with Crippen molar-refractivity contribution < 1.29 is 9.57 Å². The Bertz CT molecular complexity index is 325. The molecular formula is C9H10N2O2. The standard InChI is InChI=1S/C9H10N2O2/c1-12-8-4-2-3-7(5-8)9-6-10-11-13-9/h2-6,9,11H,1H3. The van der Waals surface area contributed by atoms with E-state index in [1.54, 1.807) is 13.3 Å². The molecule has 4 heteroatoms. The summed E-state index contributed by atoms with van der Waals surface area (Å²) in [4.78, 5) is 5.11. The van der Waals surface area contributed by atoms with Gasteiger partial charge in [0, 0.05) is 0 Å². The number of rotatable bonds is 2. The summed E-state index contributed by atoms with van der Waals surface area (Å²) in [7, 11) is 1.64. The van der Waals surface area contributed by atoms with Gasteiger partial charge in [-0.1, -0.05) is 12.1 Å². The van der Waals surface area contributed by atoms with Crippen LogP contribution in [0.3, 0.4) is 0 Å². The van der Waals surface area contributed by atoms with Crippen molar-refractivity contribution in [3.63, 3.8) is 0 Å². The molecule has 0 aliphatic carbocycles. The van der Waals surface area contributed by atoms with Crippen molar-refractivity contribution in [1.29, 1.82) is 0 Å². The van der Waals surface area contributed by atoms with E-state index in [1.165, 1.54) is 0 Å². The molecule has 4 nitrogen and oxygen atoms in total. The van der Waals surface area contributed by atoms with Gasteiger partial charge in [0.05, 0.1) is 13.3 Å². The topological polar surface area (TPSA) is 42.8 Å². The fourth-order valence-corrected chi connectivity index (χ4v) is 1.19. The average molecular weight is 178 g/mol. The van der Waals surface area contributed by atoms with E-state index in [0.717, 1.165) is 11.3 Å². The number of nitrogens with one attached hydrogen (secondary N) is 1. The molecule has 1 atom stereocenters. The van der Waals surface area contributed by atoms with Crippen LogP contribution in [0.1, 0.15) is 11.7 Å². The molecule has 1 aromatic carbocycles. The second-order valence-corrected chi connectivity index (χ2v) is 2.68. The van der Waals surface area contributed by atoms with E-state index in [1.807, 2.05) is 24.3 Å². The van der Waals surface area contributed by atoms with E-state index in [-0.39, 0.29) is 6.10 Å². The third-order valence-corrected chi connectivity index (χ3v) is 1.86. The van der Waals surface area contributed by atoms with Gasteiger partial charge in [0.25, 0.3) is 0 Å². The molecule has 0 saturated carbocycles. The monoisotopic (exact) mass is 178 g/mol. The molecule has 1 unspecified atom stereocenters. The van der Waals surface area contributed by atoms with E-state index in [4.69, 9.17) is 9.57 Å². The van der Waals surface area contributed by atoms with Crippen molar-refractivity contribution in [2.45, 2.75) is 6.10 Å². The molecule has 1 aliphatic heterocycles. The Morgan fingerprint density at radius 2 is 2.46 bits per heavy atom. The Labute approximate surface area is 76.1 Å². The maximum Gasteiger partial charge on any atom is 0.149 e. The normalized spacial score (nSPS) is 19.9. The predicted molar refractivity (Wildman–Crippen MR) is 48.4 cm³/mol. The summed E-state index contributed by atoms with van der Waals surface area (Å²) in [6.45, 7) is 0. The van der Waals surface area contributed by atoms with Gasteiger partial charge in [-0.15, -0.1) is 0 Å². The van der Waals surface area contributed by atoms with Crippen molar-refractivity contribution >= 4 is 6.21 Å². The molecule has 0 aromatic heterocycles. The molecule has 0 amide bonds. The lowest BCUT2D eigenvalue weighted by molar-refractivity contribution is 0.0353. The maximum atomic E-state index is 5.11. The van der Waals surface area contributed by atoms with Crippen LogP contribution >= 0.6 is 0 Å². The highest BCUT2D eigenvalue weighted by atomic mass is 16.7. The van der Waals surface area contributed by atoms with Gasteiger partial charge >= 0.3 is 0 Å². The minimum absolute atomic E-state index is 0.116. The highest BCUT2D eigenvalue weighted by Crippen LogP contribution is 2.21. The quantitative estimate of drug-likeness (QED) is 0.741. The van der Waals surface area contributed by atoms with Crippen LogP contribution in [0.15, 0.2) is 29.4 Å². The second-order valence-electron chi connectivity index (χ2n) is 2.68. The zero-order valence-corrected chi connectivity index (χ0v) is 7.23. The number of ether oxygens (including phenoxy) is 1. The molecule has 0 saturated heterocycles. The minimum Gasteiger partial charge on any atom is -0.497 e. The maximum absolute atomic E-state index is 5.11. The number of hydrogen-bond donors (Lipinski definition) is 1. The first-order chi connectivity index (χ1) is 6.40. The minimum atomic E-state index is -0.116. The largest absolute Gasteiger partial charge is 0.497 e. The molecule has 0 bridgehead atoms. The Hall–Kier alpha value is -1.55. The molecule has 2 rings (SSSR count). The fourth-order valence-electron chi connectivity index (χ4n) is 1.19. The van der Waals surface area contributed by atoms with Crippen molar-refractivity contribution in [1.82, 2.24) is 5.59 Å². The zero-order chi connectivity index (χ0) is 9.10. The van der Waals surface area contributed by atoms with Crippen LogP contribution in [0.2, 0.25) is 0 Å². The van der Waals surface area contributed by atoms with E-state index >= 15 is 0 Å². The van der Waals surface area contributed by atoms with Crippen molar-refractivity contribution in [3.8, 4) is 5.75 Å². The van der Waals surface area contributed by atoms with Crippen LogP contribution in [0.4, 0.5) is 0 Å².